The van der Waals surface area contributed by atoms with Gasteiger partial charge in [0, 0.05) is 18.2 Å². The molecule has 0 atom stereocenters. The van der Waals surface area contributed by atoms with Gasteiger partial charge in [-0.2, -0.15) is 0 Å². The van der Waals surface area contributed by atoms with Gasteiger partial charge in [-0.15, -0.1) is 0 Å². The highest BCUT2D eigenvalue weighted by Gasteiger charge is 2.28. The van der Waals surface area contributed by atoms with E-state index < -0.39 is 5.97 Å². The molecule has 0 aliphatic heterocycles. The summed E-state index contributed by atoms with van der Waals surface area (Å²) in [5.74, 6) is -1.15. The van der Waals surface area contributed by atoms with Gasteiger partial charge in [0.25, 0.3) is 5.91 Å². The second-order valence-electron chi connectivity index (χ2n) is 4.69. The van der Waals surface area contributed by atoms with Crippen molar-refractivity contribution in [3.63, 3.8) is 0 Å². The van der Waals surface area contributed by atoms with Gasteiger partial charge in [-0.05, 0) is 43.5 Å². The van der Waals surface area contributed by atoms with Crippen molar-refractivity contribution < 1.29 is 19.8 Å². The Balaban J connectivity index is 2.13. The molecule has 1 aliphatic carbocycles. The predicted octanol–water partition coefficient (Wildman–Crippen LogP) is 1.37. The molecular weight excluding hydrogens is 246 g/mol. The standard InChI is InChI=1S/C14H17NO4/c16-9-8-15(12-2-1-3-12)13(17)10-4-6-11(7-5-10)14(18)19/h4-7,12,16H,1-3,8-9H2,(H,18,19). The van der Waals surface area contributed by atoms with E-state index in [2.05, 4.69) is 0 Å². The van der Waals surface area contributed by atoms with Crippen molar-refractivity contribution in [1.82, 2.24) is 4.90 Å². The van der Waals surface area contributed by atoms with E-state index in [1.807, 2.05) is 0 Å². The normalized spacial score (nSPS) is 14.8. The van der Waals surface area contributed by atoms with Gasteiger partial charge < -0.3 is 15.1 Å². The summed E-state index contributed by atoms with van der Waals surface area (Å²) in [7, 11) is 0. The first-order valence-electron chi connectivity index (χ1n) is 6.38. The minimum absolute atomic E-state index is 0.0601. The number of rotatable bonds is 5. The highest BCUT2D eigenvalue weighted by atomic mass is 16.4. The fraction of sp³-hybridized carbons (Fsp3) is 0.429. The van der Waals surface area contributed by atoms with Crippen LogP contribution in [0.1, 0.15) is 40.0 Å². The van der Waals surface area contributed by atoms with Crippen LogP contribution in [0.4, 0.5) is 0 Å². The SMILES string of the molecule is O=C(O)c1ccc(C(=O)N(CCO)C2CCC2)cc1. The average molecular weight is 263 g/mol. The van der Waals surface area contributed by atoms with Crippen molar-refractivity contribution >= 4 is 11.9 Å². The Bertz CT molecular complexity index is 465. The lowest BCUT2D eigenvalue weighted by atomic mass is 9.91. The molecular formula is C14H17NO4. The summed E-state index contributed by atoms with van der Waals surface area (Å²) in [6, 6.07) is 6.10. The maximum Gasteiger partial charge on any atom is 0.335 e. The van der Waals surface area contributed by atoms with Crippen LogP contribution in [0.15, 0.2) is 24.3 Å². The van der Waals surface area contributed by atoms with Crippen molar-refractivity contribution in [3.05, 3.63) is 35.4 Å². The first-order chi connectivity index (χ1) is 9.13. The lowest BCUT2D eigenvalue weighted by Crippen LogP contribution is -2.45. The van der Waals surface area contributed by atoms with E-state index in [9.17, 15) is 9.59 Å². The minimum atomic E-state index is -1.01. The molecule has 0 spiro atoms. The van der Waals surface area contributed by atoms with Gasteiger partial charge in [-0.25, -0.2) is 4.79 Å². The van der Waals surface area contributed by atoms with Crippen LogP contribution in [-0.4, -0.2) is 46.2 Å². The summed E-state index contributed by atoms with van der Waals surface area (Å²) in [5.41, 5.74) is 0.624. The fourth-order valence-corrected chi connectivity index (χ4v) is 2.18. The number of carbonyl (C=O) groups is 2. The molecule has 1 fully saturated rings. The summed E-state index contributed by atoms with van der Waals surface area (Å²) in [4.78, 5) is 24.8. The van der Waals surface area contributed by atoms with E-state index in [4.69, 9.17) is 10.2 Å². The minimum Gasteiger partial charge on any atom is -0.478 e. The zero-order valence-electron chi connectivity index (χ0n) is 10.6. The van der Waals surface area contributed by atoms with E-state index in [0.717, 1.165) is 19.3 Å². The number of carboxylic acid groups (broad SMARTS) is 1. The van der Waals surface area contributed by atoms with Gasteiger partial charge in [0.1, 0.15) is 0 Å². The average Bonchev–Trinajstić information content (AvgIpc) is 2.35. The largest absolute Gasteiger partial charge is 0.478 e. The van der Waals surface area contributed by atoms with E-state index >= 15 is 0 Å². The Morgan fingerprint density at radius 1 is 1.16 bits per heavy atom. The molecule has 2 N–H and O–H groups in total. The first kappa shape index (κ1) is 13.5. The summed E-state index contributed by atoms with van der Waals surface area (Å²) >= 11 is 0. The Morgan fingerprint density at radius 2 is 1.74 bits per heavy atom. The van der Waals surface area contributed by atoms with Gasteiger partial charge in [-0.1, -0.05) is 0 Å². The van der Waals surface area contributed by atoms with Crippen LogP contribution in [0, 0.1) is 0 Å². The number of aliphatic hydroxyl groups is 1. The van der Waals surface area contributed by atoms with Crippen LogP contribution in [0.2, 0.25) is 0 Å². The van der Waals surface area contributed by atoms with Gasteiger partial charge in [-0.3, -0.25) is 4.79 Å². The third kappa shape index (κ3) is 2.93. The number of amides is 1. The Hall–Kier alpha value is -1.88. The van der Waals surface area contributed by atoms with E-state index in [1.54, 1.807) is 4.90 Å². The molecule has 1 amide bonds. The van der Waals surface area contributed by atoms with Crippen molar-refractivity contribution in [2.24, 2.45) is 0 Å². The summed E-state index contributed by atoms with van der Waals surface area (Å²) in [6.45, 7) is 0.264. The molecule has 0 unspecified atom stereocenters. The molecule has 0 radical (unpaired) electrons. The van der Waals surface area contributed by atoms with Gasteiger partial charge in [0.2, 0.25) is 0 Å². The smallest absolute Gasteiger partial charge is 0.335 e. The highest BCUT2D eigenvalue weighted by Crippen LogP contribution is 2.26. The molecule has 1 aliphatic rings. The second-order valence-corrected chi connectivity index (χ2v) is 4.69. The molecule has 1 aromatic rings. The Kier molecular flexibility index (Phi) is 4.16. The molecule has 5 heteroatoms. The number of nitrogens with zero attached hydrogens (tertiary/aromatic N) is 1. The number of hydrogen-bond donors (Lipinski definition) is 2. The van der Waals surface area contributed by atoms with Crippen LogP contribution >= 0.6 is 0 Å². The van der Waals surface area contributed by atoms with Gasteiger partial charge in [0.15, 0.2) is 0 Å². The number of aliphatic hydroxyl groups excluding tert-OH is 1. The number of hydrogen-bond acceptors (Lipinski definition) is 3. The lowest BCUT2D eigenvalue weighted by Gasteiger charge is -2.37. The topological polar surface area (TPSA) is 77.8 Å². The quantitative estimate of drug-likeness (QED) is 0.841. The third-order valence-corrected chi connectivity index (χ3v) is 3.50. The number of carbonyl (C=O) groups excluding carboxylic acids is 1. The zero-order valence-corrected chi connectivity index (χ0v) is 10.6. The molecule has 0 bridgehead atoms. The van der Waals surface area contributed by atoms with E-state index in [-0.39, 0.29) is 24.1 Å². The maximum atomic E-state index is 12.3. The molecule has 0 heterocycles. The van der Waals surface area contributed by atoms with E-state index in [0.29, 0.717) is 12.1 Å². The van der Waals surface area contributed by atoms with Crippen molar-refractivity contribution in [3.8, 4) is 0 Å². The predicted molar refractivity (Wildman–Crippen MR) is 69.2 cm³/mol. The molecule has 1 aromatic carbocycles. The fourth-order valence-electron chi connectivity index (χ4n) is 2.18. The summed E-state index contributed by atoms with van der Waals surface area (Å²) in [6.07, 6.45) is 3.05. The molecule has 0 saturated heterocycles. The first-order valence-corrected chi connectivity index (χ1v) is 6.38. The monoisotopic (exact) mass is 263 g/mol. The van der Waals surface area contributed by atoms with Crippen LogP contribution in [-0.2, 0) is 0 Å². The third-order valence-electron chi connectivity index (χ3n) is 3.50. The Labute approximate surface area is 111 Å². The molecule has 0 aromatic heterocycles. The van der Waals surface area contributed by atoms with Gasteiger partial charge >= 0.3 is 5.97 Å². The summed E-state index contributed by atoms with van der Waals surface area (Å²) in [5, 5.41) is 17.9. The molecule has 1 saturated carbocycles. The van der Waals surface area contributed by atoms with Crippen LogP contribution in [0.3, 0.4) is 0 Å². The number of aromatic carboxylic acids is 1. The lowest BCUT2D eigenvalue weighted by molar-refractivity contribution is 0.0525. The molecule has 102 valence electrons. The summed E-state index contributed by atoms with van der Waals surface area (Å²) < 4.78 is 0. The van der Waals surface area contributed by atoms with Gasteiger partial charge in [0.05, 0.1) is 12.2 Å². The van der Waals surface area contributed by atoms with Crippen LogP contribution in [0.5, 0.6) is 0 Å². The van der Waals surface area contributed by atoms with Crippen LogP contribution in [0.25, 0.3) is 0 Å². The number of benzene rings is 1. The zero-order chi connectivity index (χ0) is 13.8. The maximum absolute atomic E-state index is 12.3. The second kappa shape index (κ2) is 5.84. The number of carboxylic acids is 1. The molecule has 2 rings (SSSR count). The van der Waals surface area contributed by atoms with Crippen molar-refractivity contribution in [2.75, 3.05) is 13.2 Å². The molecule has 5 nitrogen and oxygen atoms in total. The van der Waals surface area contributed by atoms with E-state index in [1.165, 1.54) is 24.3 Å². The molecule has 19 heavy (non-hydrogen) atoms. The Morgan fingerprint density at radius 3 is 2.16 bits per heavy atom. The van der Waals surface area contributed by atoms with Crippen molar-refractivity contribution in [1.29, 1.82) is 0 Å². The highest BCUT2D eigenvalue weighted by molar-refractivity contribution is 5.96. The van der Waals surface area contributed by atoms with Crippen molar-refractivity contribution in [2.45, 2.75) is 25.3 Å². The van der Waals surface area contributed by atoms with Crippen LogP contribution < -0.4 is 0 Å².